The van der Waals surface area contributed by atoms with Gasteiger partial charge in [0.25, 0.3) is 0 Å². The summed E-state index contributed by atoms with van der Waals surface area (Å²) in [5.41, 5.74) is 1.59. The molecule has 0 N–H and O–H groups in total. The summed E-state index contributed by atoms with van der Waals surface area (Å²) >= 11 is 0. The van der Waals surface area contributed by atoms with Crippen LogP contribution in [0.4, 0.5) is 0 Å². The third kappa shape index (κ3) is 1.20. The number of carbonyl (C=O) groups excluding carboxylic acids is 1. The first-order valence-corrected chi connectivity index (χ1v) is 4.42. The van der Waals surface area contributed by atoms with Crippen molar-refractivity contribution in [3.63, 3.8) is 0 Å². The normalized spacial score (nSPS) is 15.6. The van der Waals surface area contributed by atoms with E-state index in [1.165, 1.54) is 6.07 Å². The van der Waals surface area contributed by atoms with E-state index in [0.717, 1.165) is 24.1 Å². The van der Waals surface area contributed by atoms with E-state index in [9.17, 15) is 9.59 Å². The van der Waals surface area contributed by atoms with Gasteiger partial charge in [-0.15, -0.1) is 0 Å². The van der Waals surface area contributed by atoms with Crippen molar-refractivity contribution in [3.05, 3.63) is 33.7 Å². The molecule has 0 bridgehead atoms. The molecule has 0 unspecified atom stereocenters. The molecule has 0 saturated carbocycles. The Hall–Kier alpha value is -1.38. The van der Waals surface area contributed by atoms with Crippen molar-refractivity contribution >= 4 is 5.78 Å². The molecular weight excluding hydrogens is 166 g/mol. The van der Waals surface area contributed by atoms with Crippen LogP contribution in [0, 0.1) is 0 Å². The van der Waals surface area contributed by atoms with Gasteiger partial charge in [-0.1, -0.05) is 0 Å². The van der Waals surface area contributed by atoms with E-state index < -0.39 is 0 Å². The van der Waals surface area contributed by atoms with Crippen LogP contribution in [-0.2, 0) is 13.5 Å². The lowest BCUT2D eigenvalue weighted by molar-refractivity contribution is 0.0970. The molecule has 1 aromatic rings. The maximum absolute atomic E-state index is 11.4. The zero-order valence-electron chi connectivity index (χ0n) is 7.54. The van der Waals surface area contributed by atoms with Crippen molar-refractivity contribution in [2.45, 2.75) is 19.3 Å². The quantitative estimate of drug-likeness (QED) is 0.590. The van der Waals surface area contributed by atoms with Gasteiger partial charge in [0.1, 0.15) is 0 Å². The first-order valence-electron chi connectivity index (χ1n) is 4.42. The molecule has 13 heavy (non-hydrogen) atoms. The number of rotatable bonds is 0. The molecule has 3 nitrogen and oxygen atoms in total. The van der Waals surface area contributed by atoms with E-state index >= 15 is 0 Å². The average molecular weight is 177 g/mol. The van der Waals surface area contributed by atoms with Crippen molar-refractivity contribution in [2.24, 2.45) is 7.05 Å². The molecular formula is C10H11NO2. The summed E-state index contributed by atoms with van der Waals surface area (Å²) in [4.78, 5) is 22.7. The Balaban J connectivity index is 2.70. The highest BCUT2D eigenvalue weighted by Gasteiger charge is 2.18. The maximum atomic E-state index is 11.4. The predicted molar refractivity (Wildman–Crippen MR) is 49.0 cm³/mol. The zero-order valence-corrected chi connectivity index (χ0v) is 7.54. The molecule has 1 aliphatic carbocycles. The summed E-state index contributed by atoms with van der Waals surface area (Å²) in [5.74, 6) is 0.164. The van der Waals surface area contributed by atoms with E-state index in [2.05, 4.69) is 0 Å². The van der Waals surface area contributed by atoms with Gasteiger partial charge in [0.15, 0.2) is 5.78 Å². The van der Waals surface area contributed by atoms with Crippen molar-refractivity contribution in [3.8, 4) is 0 Å². The number of pyridine rings is 1. The minimum atomic E-state index is -0.0338. The fourth-order valence-electron chi connectivity index (χ4n) is 1.78. The van der Waals surface area contributed by atoms with Crippen LogP contribution in [-0.4, -0.2) is 10.4 Å². The lowest BCUT2D eigenvalue weighted by Gasteiger charge is -2.16. The number of Topliss-reactive ketones (excluding diaryl/α,β-unsaturated/α-hetero) is 1. The van der Waals surface area contributed by atoms with Crippen LogP contribution in [0.2, 0.25) is 0 Å². The smallest absolute Gasteiger partial charge is 0.250 e. The highest BCUT2D eigenvalue weighted by molar-refractivity contribution is 5.97. The molecule has 0 aromatic carbocycles. The largest absolute Gasteiger partial charge is 0.315 e. The number of nitrogens with zero attached hydrogens (tertiary/aromatic N) is 1. The Morgan fingerprint density at radius 3 is 2.77 bits per heavy atom. The molecule has 1 heterocycles. The topological polar surface area (TPSA) is 39.1 Å². The monoisotopic (exact) mass is 177 g/mol. The van der Waals surface area contributed by atoms with Crippen LogP contribution in [0.15, 0.2) is 16.9 Å². The van der Waals surface area contributed by atoms with Gasteiger partial charge in [0.05, 0.1) is 0 Å². The molecule has 0 atom stereocenters. The molecule has 0 fully saturated rings. The number of ketones is 1. The highest BCUT2D eigenvalue weighted by Crippen LogP contribution is 2.18. The molecule has 0 aliphatic heterocycles. The number of fused-ring (bicyclic) bond motifs is 1. The maximum Gasteiger partial charge on any atom is 0.250 e. The Morgan fingerprint density at radius 1 is 1.23 bits per heavy atom. The number of carbonyl (C=O) groups is 1. The fourth-order valence-corrected chi connectivity index (χ4v) is 1.78. The minimum absolute atomic E-state index is 0.0338. The molecule has 2 rings (SSSR count). The number of hydrogen-bond acceptors (Lipinski definition) is 2. The second-order valence-electron chi connectivity index (χ2n) is 3.37. The molecule has 68 valence electrons. The van der Waals surface area contributed by atoms with Gasteiger partial charge < -0.3 is 4.57 Å². The van der Waals surface area contributed by atoms with Crippen molar-refractivity contribution in [2.75, 3.05) is 0 Å². The molecule has 3 heteroatoms. The molecule has 0 radical (unpaired) electrons. The first-order chi connectivity index (χ1) is 6.20. The molecule has 0 amide bonds. The van der Waals surface area contributed by atoms with E-state index in [-0.39, 0.29) is 11.3 Å². The fraction of sp³-hybridized carbons (Fsp3) is 0.400. The zero-order chi connectivity index (χ0) is 9.42. The Morgan fingerprint density at radius 2 is 2.00 bits per heavy atom. The molecule has 0 saturated heterocycles. The Labute approximate surface area is 76.0 Å². The first kappa shape index (κ1) is 8.23. The second-order valence-corrected chi connectivity index (χ2v) is 3.37. The van der Waals surface area contributed by atoms with Gasteiger partial charge in [0.2, 0.25) is 5.56 Å². The molecule has 1 aliphatic rings. The van der Waals surface area contributed by atoms with Crippen LogP contribution in [0.1, 0.15) is 28.9 Å². The molecule has 1 aromatic heterocycles. The highest BCUT2D eigenvalue weighted by atomic mass is 16.1. The summed E-state index contributed by atoms with van der Waals surface area (Å²) in [6, 6.07) is 3.11. The lowest BCUT2D eigenvalue weighted by Crippen LogP contribution is -2.25. The van der Waals surface area contributed by atoms with E-state index in [1.54, 1.807) is 17.7 Å². The lowest BCUT2D eigenvalue weighted by atomic mass is 9.95. The van der Waals surface area contributed by atoms with Crippen molar-refractivity contribution in [1.82, 2.24) is 4.57 Å². The average Bonchev–Trinajstić information content (AvgIpc) is 2.12. The van der Waals surface area contributed by atoms with E-state index in [1.807, 2.05) is 0 Å². The second kappa shape index (κ2) is 2.83. The number of hydrogen-bond donors (Lipinski definition) is 0. The van der Waals surface area contributed by atoms with Crippen LogP contribution in [0.3, 0.4) is 0 Å². The van der Waals surface area contributed by atoms with E-state index in [4.69, 9.17) is 0 Å². The minimum Gasteiger partial charge on any atom is -0.315 e. The summed E-state index contributed by atoms with van der Waals surface area (Å²) in [6.45, 7) is 0. The van der Waals surface area contributed by atoms with Crippen LogP contribution >= 0.6 is 0 Å². The van der Waals surface area contributed by atoms with Gasteiger partial charge in [-0.2, -0.15) is 0 Å². The SMILES string of the molecule is Cn1c2c(ccc1=O)C(=O)CCC2. The predicted octanol–water partition coefficient (Wildman–Crippen LogP) is 0.904. The van der Waals surface area contributed by atoms with Gasteiger partial charge in [-0.3, -0.25) is 9.59 Å². The third-order valence-corrected chi connectivity index (χ3v) is 2.56. The molecule has 0 spiro atoms. The summed E-state index contributed by atoms with van der Waals surface area (Å²) in [5, 5.41) is 0. The standard InChI is InChI=1S/C10H11NO2/c1-11-8-3-2-4-9(12)7(8)5-6-10(11)13/h5-6H,2-4H2,1H3. The van der Waals surface area contributed by atoms with E-state index in [0.29, 0.717) is 6.42 Å². The van der Waals surface area contributed by atoms with Gasteiger partial charge in [-0.05, 0) is 18.9 Å². The van der Waals surface area contributed by atoms with Crippen LogP contribution < -0.4 is 5.56 Å². The van der Waals surface area contributed by atoms with Crippen molar-refractivity contribution < 1.29 is 4.79 Å². The van der Waals surface area contributed by atoms with Gasteiger partial charge in [0, 0.05) is 30.8 Å². The third-order valence-electron chi connectivity index (χ3n) is 2.56. The number of aromatic nitrogens is 1. The van der Waals surface area contributed by atoms with Gasteiger partial charge in [-0.25, -0.2) is 0 Å². The Kier molecular flexibility index (Phi) is 1.79. The van der Waals surface area contributed by atoms with Gasteiger partial charge >= 0.3 is 0 Å². The van der Waals surface area contributed by atoms with Crippen LogP contribution in [0.25, 0.3) is 0 Å². The summed E-state index contributed by atoms with van der Waals surface area (Å²) in [7, 11) is 1.72. The summed E-state index contributed by atoms with van der Waals surface area (Å²) in [6.07, 6.45) is 2.32. The summed E-state index contributed by atoms with van der Waals surface area (Å²) < 4.78 is 1.58. The van der Waals surface area contributed by atoms with Crippen molar-refractivity contribution in [1.29, 1.82) is 0 Å². The van der Waals surface area contributed by atoms with Crippen LogP contribution in [0.5, 0.6) is 0 Å². The Bertz CT molecular complexity index is 417.